The molecule has 8 aromatic carbocycles. The van der Waals surface area contributed by atoms with Gasteiger partial charge < -0.3 is 8.82 Å². The SMILES string of the molecule is c1ccc(-c2ccc3c(c2)c2c4c5ccccc5n5c6cc(-c7ccccc7)ccc6c(cc2n3-c2nc(-c3ccccc3)nc3c2oc2ccccc23)c45)cc1. The number of nitrogens with zero attached hydrogens (tertiary/aromatic N) is 4. The fourth-order valence-corrected chi connectivity index (χ4v) is 9.36. The van der Waals surface area contributed by atoms with Crippen LogP contribution in [-0.4, -0.2) is 18.9 Å². The third kappa shape index (κ3) is 4.23. The summed E-state index contributed by atoms with van der Waals surface area (Å²) in [6.07, 6.45) is 0. The zero-order valence-corrected chi connectivity index (χ0v) is 30.5. The highest BCUT2D eigenvalue weighted by molar-refractivity contribution is 6.36. The highest BCUT2D eigenvalue weighted by Gasteiger charge is 2.27. The quantitative estimate of drug-likeness (QED) is 0.181. The Kier molecular flexibility index (Phi) is 6.10. The fourth-order valence-electron chi connectivity index (χ4n) is 9.36. The molecule has 57 heavy (non-hydrogen) atoms. The smallest absolute Gasteiger partial charge is 0.197 e. The average molecular weight is 727 g/mol. The van der Waals surface area contributed by atoms with Gasteiger partial charge in [0.25, 0.3) is 0 Å². The van der Waals surface area contributed by atoms with E-state index in [2.05, 4.69) is 155 Å². The lowest BCUT2D eigenvalue weighted by Crippen LogP contribution is -2.01. The Morgan fingerprint density at radius 2 is 1.04 bits per heavy atom. The minimum absolute atomic E-state index is 0.654. The molecule has 0 bridgehead atoms. The van der Waals surface area contributed by atoms with Gasteiger partial charge in [0.05, 0.1) is 27.6 Å². The molecule has 0 radical (unpaired) electrons. The van der Waals surface area contributed by atoms with Crippen molar-refractivity contribution in [3.05, 3.63) is 182 Å². The molecule has 0 aliphatic rings. The number of furan rings is 1. The van der Waals surface area contributed by atoms with Crippen molar-refractivity contribution in [2.75, 3.05) is 0 Å². The van der Waals surface area contributed by atoms with Crippen molar-refractivity contribution in [1.29, 1.82) is 0 Å². The zero-order chi connectivity index (χ0) is 37.2. The normalized spacial score (nSPS) is 12.2. The van der Waals surface area contributed by atoms with Gasteiger partial charge in [-0.25, -0.2) is 9.97 Å². The number of para-hydroxylation sites is 2. The van der Waals surface area contributed by atoms with Crippen molar-refractivity contribution in [2.45, 2.75) is 0 Å². The number of hydrogen-bond acceptors (Lipinski definition) is 3. The molecule has 5 heteroatoms. The maximum atomic E-state index is 6.76. The van der Waals surface area contributed by atoms with Crippen LogP contribution in [0.25, 0.3) is 121 Å². The van der Waals surface area contributed by atoms with E-state index in [9.17, 15) is 0 Å². The molecule has 5 nitrogen and oxygen atoms in total. The van der Waals surface area contributed by atoms with Crippen LogP contribution >= 0.6 is 0 Å². The second-order valence-electron chi connectivity index (χ2n) is 14.9. The van der Waals surface area contributed by atoms with E-state index in [0.717, 1.165) is 49.9 Å². The molecule has 0 saturated heterocycles. The molecule has 0 spiro atoms. The third-order valence-electron chi connectivity index (χ3n) is 11.9. The lowest BCUT2D eigenvalue weighted by Gasteiger charge is -2.10. The van der Waals surface area contributed by atoms with Crippen molar-refractivity contribution < 1.29 is 4.42 Å². The van der Waals surface area contributed by atoms with Gasteiger partial charge >= 0.3 is 0 Å². The standard InChI is InChI=1S/C52H30N4O/c1-4-14-31(15-5-1)34-25-27-42-40(28-34)46-44(56(42)52-50-48(38-21-11-13-23-45(38)57-50)53-51(54-52)33-18-8-3-9-19-33)30-39-36-26-24-35(32-16-6-2-7-17-32)29-43(36)55-41-22-12-10-20-37(41)47(46)49(39)55/h1-30H. The lowest BCUT2D eigenvalue weighted by molar-refractivity contribution is 0.662. The first-order valence-corrected chi connectivity index (χ1v) is 19.3. The molecule has 13 rings (SSSR count). The van der Waals surface area contributed by atoms with Crippen molar-refractivity contribution in [3.63, 3.8) is 0 Å². The number of rotatable bonds is 4. The predicted octanol–water partition coefficient (Wildman–Crippen LogP) is 13.6. The molecule has 0 unspecified atom stereocenters. The lowest BCUT2D eigenvalue weighted by atomic mass is 9.99. The van der Waals surface area contributed by atoms with Gasteiger partial charge in [0.1, 0.15) is 11.1 Å². The summed E-state index contributed by atoms with van der Waals surface area (Å²) in [4.78, 5) is 10.6. The molecular weight excluding hydrogens is 697 g/mol. The summed E-state index contributed by atoms with van der Waals surface area (Å²) < 4.78 is 11.6. The molecule has 264 valence electrons. The summed E-state index contributed by atoms with van der Waals surface area (Å²) in [5, 5.41) is 8.19. The minimum atomic E-state index is 0.654. The molecule has 5 heterocycles. The Labute approximate surface area is 325 Å². The summed E-state index contributed by atoms with van der Waals surface area (Å²) in [6.45, 7) is 0. The van der Waals surface area contributed by atoms with Crippen molar-refractivity contribution in [1.82, 2.24) is 18.9 Å². The van der Waals surface area contributed by atoms with E-state index in [1.165, 1.54) is 60.2 Å². The Morgan fingerprint density at radius 1 is 0.386 bits per heavy atom. The molecule has 0 atom stereocenters. The summed E-state index contributed by atoms with van der Waals surface area (Å²) >= 11 is 0. The maximum Gasteiger partial charge on any atom is 0.197 e. The topological polar surface area (TPSA) is 48.3 Å². The summed E-state index contributed by atoms with van der Waals surface area (Å²) in [5.74, 6) is 1.37. The van der Waals surface area contributed by atoms with E-state index in [-0.39, 0.29) is 0 Å². The van der Waals surface area contributed by atoms with Crippen LogP contribution < -0.4 is 0 Å². The van der Waals surface area contributed by atoms with Crippen molar-refractivity contribution in [3.8, 4) is 39.5 Å². The van der Waals surface area contributed by atoms with Crippen molar-refractivity contribution >= 4 is 82.0 Å². The van der Waals surface area contributed by atoms with Crippen LogP contribution in [0.1, 0.15) is 0 Å². The first-order valence-electron chi connectivity index (χ1n) is 19.3. The molecule has 5 aromatic heterocycles. The molecule has 0 N–H and O–H groups in total. The summed E-state index contributed by atoms with van der Waals surface area (Å²) in [7, 11) is 0. The van der Waals surface area contributed by atoms with Crippen LogP contribution in [-0.2, 0) is 0 Å². The second kappa shape index (κ2) is 11.4. The molecule has 13 aromatic rings. The van der Waals surface area contributed by atoms with Crippen LogP contribution in [0.2, 0.25) is 0 Å². The number of benzene rings is 8. The molecular formula is C52H30N4O. The van der Waals surface area contributed by atoms with E-state index in [1.54, 1.807) is 0 Å². The number of aromatic nitrogens is 4. The van der Waals surface area contributed by atoms with Crippen molar-refractivity contribution in [2.24, 2.45) is 0 Å². The summed E-state index contributed by atoms with van der Waals surface area (Å²) in [5.41, 5.74) is 13.7. The van der Waals surface area contributed by atoms with Gasteiger partial charge in [0.2, 0.25) is 0 Å². The largest absolute Gasteiger partial charge is 0.450 e. The summed E-state index contributed by atoms with van der Waals surface area (Å²) in [6, 6.07) is 64.7. The van der Waals surface area contributed by atoms with E-state index in [0.29, 0.717) is 11.4 Å². The maximum absolute atomic E-state index is 6.76. The Hall–Kier alpha value is -7.76. The van der Waals surface area contributed by atoms with Gasteiger partial charge in [-0.1, -0.05) is 140 Å². The van der Waals surface area contributed by atoms with Gasteiger partial charge in [-0.05, 0) is 64.7 Å². The number of hydrogen-bond donors (Lipinski definition) is 0. The third-order valence-corrected chi connectivity index (χ3v) is 11.9. The average Bonchev–Trinajstić information content (AvgIpc) is 4.02. The van der Waals surface area contributed by atoms with E-state index < -0.39 is 0 Å². The van der Waals surface area contributed by atoms with E-state index in [4.69, 9.17) is 14.4 Å². The van der Waals surface area contributed by atoms with Crippen LogP contribution in [0.5, 0.6) is 0 Å². The second-order valence-corrected chi connectivity index (χ2v) is 14.9. The van der Waals surface area contributed by atoms with Gasteiger partial charge in [0.15, 0.2) is 17.2 Å². The molecule has 0 fully saturated rings. The Balaban J connectivity index is 1.24. The fraction of sp³-hybridized carbons (Fsp3) is 0. The monoisotopic (exact) mass is 726 g/mol. The highest BCUT2D eigenvalue weighted by atomic mass is 16.3. The van der Waals surface area contributed by atoms with Crippen LogP contribution in [0.15, 0.2) is 186 Å². The Bertz CT molecular complexity index is 3730. The van der Waals surface area contributed by atoms with E-state index in [1.807, 2.05) is 36.4 Å². The van der Waals surface area contributed by atoms with Gasteiger partial charge in [-0.2, -0.15) is 0 Å². The first-order chi connectivity index (χ1) is 28.3. The predicted molar refractivity (Wildman–Crippen MR) is 235 cm³/mol. The number of fused-ring (bicyclic) bond motifs is 13. The first kappa shape index (κ1) is 30.6. The van der Waals surface area contributed by atoms with Gasteiger partial charge in [-0.3, -0.25) is 4.57 Å². The van der Waals surface area contributed by atoms with E-state index >= 15 is 0 Å². The minimum Gasteiger partial charge on any atom is -0.450 e. The van der Waals surface area contributed by atoms with Crippen LogP contribution in [0.4, 0.5) is 0 Å². The zero-order valence-electron chi connectivity index (χ0n) is 30.5. The molecule has 0 aliphatic carbocycles. The Morgan fingerprint density at radius 3 is 1.81 bits per heavy atom. The molecule has 0 amide bonds. The van der Waals surface area contributed by atoms with Gasteiger partial charge in [0, 0.05) is 43.3 Å². The molecule has 0 aliphatic heterocycles. The van der Waals surface area contributed by atoms with Gasteiger partial charge in [-0.15, -0.1) is 0 Å². The van der Waals surface area contributed by atoms with Crippen LogP contribution in [0, 0.1) is 0 Å². The van der Waals surface area contributed by atoms with Crippen LogP contribution in [0.3, 0.4) is 0 Å². The highest BCUT2D eigenvalue weighted by Crippen LogP contribution is 2.48. The molecule has 0 saturated carbocycles.